The smallest absolute Gasteiger partial charge is 0.251 e. The van der Waals surface area contributed by atoms with Gasteiger partial charge in [0.15, 0.2) is 11.5 Å². The molecule has 0 bridgehead atoms. The van der Waals surface area contributed by atoms with Crippen molar-refractivity contribution in [3.63, 3.8) is 0 Å². The zero-order chi connectivity index (χ0) is 21.6. The Bertz CT molecular complexity index is 938. The third-order valence-electron chi connectivity index (χ3n) is 4.72. The Balaban J connectivity index is 2.15. The molecule has 7 nitrogen and oxygen atoms in total. The first-order valence-electron chi connectivity index (χ1n) is 9.41. The number of nitrogens with zero attached hydrogens (tertiary/aromatic N) is 1. The molecule has 0 aliphatic rings. The highest BCUT2D eigenvalue weighted by atomic mass is 32.2. The maximum Gasteiger partial charge on any atom is 0.251 e. The lowest BCUT2D eigenvalue weighted by Gasteiger charge is -2.19. The van der Waals surface area contributed by atoms with Crippen molar-refractivity contribution in [1.82, 2.24) is 9.62 Å². The van der Waals surface area contributed by atoms with Crippen molar-refractivity contribution < 1.29 is 22.7 Å². The van der Waals surface area contributed by atoms with E-state index in [1.165, 1.54) is 18.5 Å². The molecule has 8 heteroatoms. The van der Waals surface area contributed by atoms with Gasteiger partial charge in [0.25, 0.3) is 5.91 Å². The highest BCUT2D eigenvalue weighted by Gasteiger charge is 2.22. The predicted molar refractivity (Wildman–Crippen MR) is 112 cm³/mol. The predicted octanol–water partition coefficient (Wildman–Crippen LogP) is 3.23. The standard InChI is InChI=1S/C21H28N2O5S/c1-6-23(7-2)29(25,26)18-11-8-16(9-12-18)15(3)22-21(24)17-10-13-19(27-4)20(14-17)28-5/h8-15H,6-7H2,1-5H3,(H,22,24)/t15-/m1/s1. The quantitative estimate of drug-likeness (QED) is 0.673. The summed E-state index contributed by atoms with van der Waals surface area (Å²) in [6, 6.07) is 11.2. The van der Waals surface area contributed by atoms with E-state index in [0.29, 0.717) is 30.2 Å². The molecule has 0 aromatic heterocycles. The van der Waals surface area contributed by atoms with Crippen LogP contribution in [0.1, 0.15) is 42.7 Å². The van der Waals surface area contributed by atoms with Crippen LogP contribution in [-0.4, -0.2) is 45.9 Å². The van der Waals surface area contributed by atoms with E-state index in [-0.39, 0.29) is 16.8 Å². The van der Waals surface area contributed by atoms with Gasteiger partial charge in [-0.2, -0.15) is 4.31 Å². The molecular formula is C21H28N2O5S. The second kappa shape index (κ2) is 9.76. The number of methoxy groups -OCH3 is 2. The van der Waals surface area contributed by atoms with Crippen LogP contribution < -0.4 is 14.8 Å². The number of rotatable bonds is 9. The van der Waals surface area contributed by atoms with Crippen molar-refractivity contribution in [1.29, 1.82) is 0 Å². The lowest BCUT2D eigenvalue weighted by molar-refractivity contribution is 0.0939. The fourth-order valence-electron chi connectivity index (χ4n) is 2.98. The van der Waals surface area contributed by atoms with Crippen molar-refractivity contribution in [3.8, 4) is 11.5 Å². The Labute approximate surface area is 172 Å². The van der Waals surface area contributed by atoms with E-state index in [1.807, 2.05) is 6.92 Å². The van der Waals surface area contributed by atoms with Gasteiger partial charge in [-0.1, -0.05) is 26.0 Å². The second-order valence-corrected chi connectivity index (χ2v) is 8.36. The minimum atomic E-state index is -3.50. The van der Waals surface area contributed by atoms with Crippen LogP contribution in [0.4, 0.5) is 0 Å². The minimum Gasteiger partial charge on any atom is -0.493 e. The van der Waals surface area contributed by atoms with Crippen molar-refractivity contribution >= 4 is 15.9 Å². The monoisotopic (exact) mass is 420 g/mol. The minimum absolute atomic E-state index is 0.239. The summed E-state index contributed by atoms with van der Waals surface area (Å²) < 4.78 is 37.0. The number of benzene rings is 2. The Kier molecular flexibility index (Phi) is 7.64. The number of nitrogens with one attached hydrogen (secondary N) is 1. The van der Waals surface area contributed by atoms with Gasteiger partial charge in [-0.25, -0.2) is 8.42 Å². The molecule has 0 fully saturated rings. The van der Waals surface area contributed by atoms with E-state index in [1.54, 1.807) is 56.3 Å². The maximum absolute atomic E-state index is 12.6. The normalized spacial score (nSPS) is 12.5. The van der Waals surface area contributed by atoms with Gasteiger partial charge in [0, 0.05) is 18.7 Å². The number of ether oxygens (including phenoxy) is 2. The van der Waals surface area contributed by atoms with Gasteiger partial charge in [0.2, 0.25) is 10.0 Å². The summed E-state index contributed by atoms with van der Waals surface area (Å²) in [6.45, 7) is 6.28. The molecule has 29 heavy (non-hydrogen) atoms. The molecule has 0 spiro atoms. The Hall–Kier alpha value is -2.58. The van der Waals surface area contributed by atoms with Gasteiger partial charge in [0.05, 0.1) is 25.2 Å². The summed E-state index contributed by atoms with van der Waals surface area (Å²) >= 11 is 0. The first kappa shape index (κ1) is 22.7. The van der Waals surface area contributed by atoms with Crippen LogP contribution in [0.5, 0.6) is 11.5 Å². The highest BCUT2D eigenvalue weighted by Crippen LogP contribution is 2.28. The van der Waals surface area contributed by atoms with E-state index in [9.17, 15) is 13.2 Å². The van der Waals surface area contributed by atoms with Crippen LogP contribution >= 0.6 is 0 Å². The van der Waals surface area contributed by atoms with Crippen LogP contribution in [0.15, 0.2) is 47.4 Å². The summed E-state index contributed by atoms with van der Waals surface area (Å²) in [6.07, 6.45) is 0. The van der Waals surface area contributed by atoms with Gasteiger partial charge >= 0.3 is 0 Å². The fourth-order valence-corrected chi connectivity index (χ4v) is 4.44. The van der Waals surface area contributed by atoms with Gasteiger partial charge in [-0.3, -0.25) is 4.79 Å². The molecule has 0 heterocycles. The van der Waals surface area contributed by atoms with E-state index < -0.39 is 10.0 Å². The van der Waals surface area contributed by atoms with Crippen LogP contribution in [0, 0.1) is 0 Å². The van der Waals surface area contributed by atoms with Gasteiger partial charge in [-0.15, -0.1) is 0 Å². The fraction of sp³-hybridized carbons (Fsp3) is 0.381. The van der Waals surface area contributed by atoms with E-state index in [2.05, 4.69) is 5.32 Å². The first-order chi connectivity index (χ1) is 13.8. The number of carbonyl (C=O) groups excluding carboxylic acids is 1. The summed E-state index contributed by atoms with van der Waals surface area (Å²) in [5.41, 5.74) is 1.24. The van der Waals surface area contributed by atoms with Gasteiger partial charge in [0.1, 0.15) is 0 Å². The zero-order valence-electron chi connectivity index (χ0n) is 17.4. The molecule has 1 amide bonds. The van der Waals surface area contributed by atoms with Crippen molar-refractivity contribution in [2.24, 2.45) is 0 Å². The lowest BCUT2D eigenvalue weighted by atomic mass is 10.1. The molecule has 0 aliphatic carbocycles. The SMILES string of the molecule is CCN(CC)S(=O)(=O)c1ccc([C@@H](C)NC(=O)c2ccc(OC)c(OC)c2)cc1. The average molecular weight is 421 g/mol. The molecule has 2 aromatic carbocycles. The molecule has 0 saturated carbocycles. The molecule has 0 saturated heterocycles. The van der Waals surface area contributed by atoms with E-state index >= 15 is 0 Å². The number of hydrogen-bond acceptors (Lipinski definition) is 5. The van der Waals surface area contributed by atoms with Crippen molar-refractivity contribution in [2.45, 2.75) is 31.7 Å². The molecule has 2 aromatic rings. The topological polar surface area (TPSA) is 84.9 Å². The van der Waals surface area contributed by atoms with E-state index in [0.717, 1.165) is 5.56 Å². The number of sulfonamides is 1. The summed E-state index contributed by atoms with van der Waals surface area (Å²) in [4.78, 5) is 12.8. The van der Waals surface area contributed by atoms with Crippen LogP contribution in [0.25, 0.3) is 0 Å². The lowest BCUT2D eigenvalue weighted by Crippen LogP contribution is -2.30. The molecule has 0 unspecified atom stereocenters. The third-order valence-corrected chi connectivity index (χ3v) is 6.78. The van der Waals surface area contributed by atoms with E-state index in [4.69, 9.17) is 9.47 Å². The number of amides is 1. The Morgan fingerprint density at radius 3 is 2.10 bits per heavy atom. The molecule has 0 aliphatic heterocycles. The van der Waals surface area contributed by atoms with Gasteiger partial charge in [-0.05, 0) is 42.8 Å². The van der Waals surface area contributed by atoms with Crippen molar-refractivity contribution in [2.75, 3.05) is 27.3 Å². The molecule has 2 rings (SSSR count). The third kappa shape index (κ3) is 5.07. The maximum atomic E-state index is 12.6. The molecule has 1 atom stereocenters. The molecule has 158 valence electrons. The Morgan fingerprint density at radius 2 is 1.59 bits per heavy atom. The Morgan fingerprint density at radius 1 is 1.00 bits per heavy atom. The number of carbonyl (C=O) groups is 1. The van der Waals surface area contributed by atoms with Gasteiger partial charge < -0.3 is 14.8 Å². The largest absolute Gasteiger partial charge is 0.493 e. The number of hydrogen-bond donors (Lipinski definition) is 1. The van der Waals surface area contributed by atoms with Crippen molar-refractivity contribution in [3.05, 3.63) is 53.6 Å². The molecular weight excluding hydrogens is 392 g/mol. The van der Waals surface area contributed by atoms with Crippen LogP contribution in [0.3, 0.4) is 0 Å². The average Bonchev–Trinajstić information content (AvgIpc) is 2.73. The first-order valence-corrected chi connectivity index (χ1v) is 10.8. The van der Waals surface area contributed by atoms with Crippen LogP contribution in [-0.2, 0) is 10.0 Å². The molecule has 1 N–H and O–H groups in total. The molecule has 0 radical (unpaired) electrons. The highest BCUT2D eigenvalue weighted by molar-refractivity contribution is 7.89. The second-order valence-electron chi connectivity index (χ2n) is 6.42. The summed E-state index contributed by atoms with van der Waals surface area (Å²) in [5.74, 6) is 0.749. The zero-order valence-corrected chi connectivity index (χ0v) is 18.2. The summed E-state index contributed by atoms with van der Waals surface area (Å²) in [7, 11) is -0.462. The van der Waals surface area contributed by atoms with Crippen LogP contribution in [0.2, 0.25) is 0 Å². The summed E-state index contributed by atoms with van der Waals surface area (Å²) in [5, 5.41) is 2.91.